The summed E-state index contributed by atoms with van der Waals surface area (Å²) in [7, 11) is 0. The van der Waals surface area contributed by atoms with Gasteiger partial charge in [0.25, 0.3) is 5.56 Å². The summed E-state index contributed by atoms with van der Waals surface area (Å²) in [5.74, 6) is 1.77. The number of imidazole rings is 1. The Balaban J connectivity index is 2.06. The highest BCUT2D eigenvalue weighted by atomic mass is 32.2. The smallest absolute Gasteiger partial charge is 0.321 e. The van der Waals surface area contributed by atoms with Gasteiger partial charge in [-0.3, -0.25) is 14.3 Å². The normalized spacial score (nSPS) is 11.6. The van der Waals surface area contributed by atoms with Crippen LogP contribution in [-0.2, 0) is 18.8 Å². The van der Waals surface area contributed by atoms with Crippen molar-refractivity contribution in [2.24, 2.45) is 5.92 Å². The van der Waals surface area contributed by atoms with Crippen LogP contribution in [0.4, 0.5) is 0 Å². The van der Waals surface area contributed by atoms with Crippen LogP contribution in [-0.4, -0.2) is 29.1 Å². The molecule has 0 saturated carbocycles. The first-order valence-corrected chi connectivity index (χ1v) is 10.6. The number of aromatic nitrogens is 6. The van der Waals surface area contributed by atoms with E-state index in [1.54, 1.807) is 23.0 Å². The number of aromatic amines is 1. The molecule has 0 bridgehead atoms. The summed E-state index contributed by atoms with van der Waals surface area (Å²) in [6.07, 6.45) is 6.11. The van der Waals surface area contributed by atoms with Crippen LogP contribution >= 0.6 is 11.8 Å². The van der Waals surface area contributed by atoms with E-state index in [-0.39, 0.29) is 5.56 Å². The second-order valence-corrected chi connectivity index (χ2v) is 8.06. The van der Waals surface area contributed by atoms with Crippen LogP contribution in [0, 0.1) is 5.92 Å². The van der Waals surface area contributed by atoms with Crippen LogP contribution in [0.3, 0.4) is 0 Å². The van der Waals surface area contributed by atoms with Crippen molar-refractivity contribution in [1.82, 2.24) is 29.1 Å². The molecule has 0 aliphatic heterocycles. The lowest BCUT2D eigenvalue weighted by Gasteiger charge is -2.10. The minimum Gasteiger partial charge on any atom is -0.321 e. The lowest BCUT2D eigenvalue weighted by molar-refractivity contribution is 0.515. The highest BCUT2D eigenvalue weighted by molar-refractivity contribution is 7.98. The Morgan fingerprint density at radius 3 is 2.57 bits per heavy atom. The summed E-state index contributed by atoms with van der Waals surface area (Å²) < 4.78 is 3.53. The molecule has 0 aliphatic rings. The third kappa shape index (κ3) is 4.52. The summed E-state index contributed by atoms with van der Waals surface area (Å²) in [5, 5.41) is 0.655. The molecule has 28 heavy (non-hydrogen) atoms. The quantitative estimate of drug-likeness (QED) is 0.436. The van der Waals surface area contributed by atoms with E-state index in [2.05, 4.69) is 35.7 Å². The van der Waals surface area contributed by atoms with Gasteiger partial charge in [0.15, 0.2) is 16.3 Å². The van der Waals surface area contributed by atoms with E-state index < -0.39 is 5.69 Å². The first-order chi connectivity index (χ1) is 13.5. The monoisotopic (exact) mass is 402 g/mol. The second kappa shape index (κ2) is 9.18. The molecule has 0 fully saturated rings. The highest BCUT2D eigenvalue weighted by Crippen LogP contribution is 2.22. The molecule has 0 saturated heterocycles. The number of nitrogens with one attached hydrogen (secondary N) is 1. The van der Waals surface area contributed by atoms with Crippen molar-refractivity contribution in [3.8, 4) is 0 Å². The van der Waals surface area contributed by atoms with Crippen molar-refractivity contribution >= 4 is 22.9 Å². The van der Waals surface area contributed by atoms with E-state index >= 15 is 0 Å². The summed E-state index contributed by atoms with van der Waals surface area (Å²) >= 11 is 1.47. The number of hydrogen-bond donors (Lipinski definition) is 1. The maximum atomic E-state index is 12.6. The maximum absolute atomic E-state index is 12.6. The molecule has 3 rings (SSSR count). The zero-order valence-electron chi connectivity index (χ0n) is 16.5. The van der Waals surface area contributed by atoms with Crippen LogP contribution in [0.15, 0.2) is 33.2 Å². The van der Waals surface area contributed by atoms with Crippen LogP contribution in [0.2, 0.25) is 0 Å². The van der Waals surface area contributed by atoms with Crippen LogP contribution in [0.1, 0.15) is 45.9 Å². The van der Waals surface area contributed by atoms with Crippen molar-refractivity contribution < 1.29 is 0 Å². The second-order valence-electron chi connectivity index (χ2n) is 7.12. The lowest BCUT2D eigenvalue weighted by atomic mass is 10.1. The molecule has 0 radical (unpaired) electrons. The largest absolute Gasteiger partial charge is 0.330 e. The zero-order chi connectivity index (χ0) is 20.1. The van der Waals surface area contributed by atoms with E-state index in [9.17, 15) is 9.59 Å². The van der Waals surface area contributed by atoms with E-state index in [0.717, 1.165) is 25.1 Å². The van der Waals surface area contributed by atoms with Gasteiger partial charge in [-0.2, -0.15) is 0 Å². The Morgan fingerprint density at radius 2 is 1.89 bits per heavy atom. The predicted octanol–water partition coefficient (Wildman–Crippen LogP) is 2.81. The lowest BCUT2D eigenvalue weighted by Crippen LogP contribution is -2.31. The number of fused-ring (bicyclic) bond motifs is 1. The van der Waals surface area contributed by atoms with Crippen molar-refractivity contribution in [1.29, 1.82) is 0 Å². The molecule has 0 aliphatic carbocycles. The van der Waals surface area contributed by atoms with Crippen molar-refractivity contribution in [3.63, 3.8) is 0 Å². The third-order valence-corrected chi connectivity index (χ3v) is 5.37. The number of H-pyrrole nitrogens is 1. The fraction of sp³-hybridized carbons (Fsp3) is 0.526. The van der Waals surface area contributed by atoms with Crippen LogP contribution < -0.4 is 11.2 Å². The molecule has 1 N–H and O–H groups in total. The Hall–Kier alpha value is -2.42. The van der Waals surface area contributed by atoms with Gasteiger partial charge in [0.2, 0.25) is 0 Å². The van der Waals surface area contributed by atoms with Crippen molar-refractivity contribution in [3.05, 3.63) is 45.1 Å². The number of nitrogens with zero attached hydrogens (tertiary/aromatic N) is 5. The van der Waals surface area contributed by atoms with E-state index in [4.69, 9.17) is 4.98 Å². The fourth-order valence-corrected chi connectivity index (χ4v) is 3.72. The van der Waals surface area contributed by atoms with Crippen LogP contribution in [0.25, 0.3) is 11.2 Å². The topological polar surface area (TPSA) is 98.5 Å². The minimum atomic E-state index is -0.398. The average Bonchev–Trinajstić information content (AvgIpc) is 3.04. The molecule has 0 unspecified atom stereocenters. The molecule has 0 aromatic carbocycles. The zero-order valence-corrected chi connectivity index (χ0v) is 17.3. The Bertz CT molecular complexity index is 1040. The fourth-order valence-electron chi connectivity index (χ4n) is 2.97. The van der Waals surface area contributed by atoms with Crippen molar-refractivity contribution in [2.75, 3.05) is 0 Å². The van der Waals surface area contributed by atoms with Gasteiger partial charge in [-0.05, 0) is 24.8 Å². The Labute approximate surface area is 167 Å². The van der Waals surface area contributed by atoms with Gasteiger partial charge in [-0.25, -0.2) is 19.7 Å². The van der Waals surface area contributed by atoms with Gasteiger partial charge in [-0.15, -0.1) is 0 Å². The molecule has 150 valence electrons. The molecule has 8 nitrogen and oxygen atoms in total. The maximum Gasteiger partial charge on any atom is 0.330 e. The number of aryl methyl sites for hydroxylation is 2. The molecular formula is C19H26N6O2S. The average molecular weight is 403 g/mol. The van der Waals surface area contributed by atoms with Gasteiger partial charge in [-0.1, -0.05) is 39.0 Å². The molecule has 3 aromatic rings. The summed E-state index contributed by atoms with van der Waals surface area (Å²) in [6, 6.07) is 1.77. The molecule has 3 aromatic heterocycles. The Kier molecular flexibility index (Phi) is 6.66. The number of rotatable bonds is 9. The highest BCUT2D eigenvalue weighted by Gasteiger charge is 2.19. The SMILES string of the molecule is CCCCn1c(=O)[nH]c(=O)c2c1nc(CSc1ncccn1)n2CCC(C)C. The summed E-state index contributed by atoms with van der Waals surface area (Å²) in [6.45, 7) is 7.57. The molecule has 0 amide bonds. The van der Waals surface area contributed by atoms with Gasteiger partial charge >= 0.3 is 5.69 Å². The first kappa shape index (κ1) is 20.3. The van der Waals surface area contributed by atoms with E-state index in [0.29, 0.717) is 41.1 Å². The molecule has 9 heteroatoms. The summed E-state index contributed by atoms with van der Waals surface area (Å²) in [5.41, 5.74) is 0.165. The number of hydrogen-bond acceptors (Lipinski definition) is 6. The number of unbranched alkanes of at least 4 members (excludes halogenated alkanes) is 1. The molecule has 0 atom stereocenters. The Morgan fingerprint density at radius 1 is 1.14 bits per heavy atom. The molecule has 0 spiro atoms. The van der Waals surface area contributed by atoms with Gasteiger partial charge < -0.3 is 4.57 Å². The predicted molar refractivity (Wildman–Crippen MR) is 111 cm³/mol. The minimum absolute atomic E-state index is 0.379. The molecular weight excluding hydrogens is 376 g/mol. The number of thioether (sulfide) groups is 1. The van der Waals surface area contributed by atoms with E-state index in [1.807, 2.05) is 4.57 Å². The van der Waals surface area contributed by atoms with E-state index in [1.165, 1.54) is 11.8 Å². The summed E-state index contributed by atoms with van der Waals surface area (Å²) in [4.78, 5) is 40.6. The standard InChI is InChI=1S/C19H26N6O2S/c1-4-5-10-25-16-15(17(26)23-19(25)27)24(11-7-13(2)3)14(22-16)12-28-18-20-8-6-9-21-18/h6,8-9,13H,4-5,7,10-12H2,1-3H3,(H,23,26,27). The van der Waals surface area contributed by atoms with Gasteiger partial charge in [0.05, 0.1) is 5.75 Å². The first-order valence-electron chi connectivity index (χ1n) is 9.63. The third-order valence-electron chi connectivity index (χ3n) is 4.50. The molecule has 3 heterocycles. The van der Waals surface area contributed by atoms with Gasteiger partial charge in [0, 0.05) is 25.5 Å². The van der Waals surface area contributed by atoms with Gasteiger partial charge in [0.1, 0.15) is 5.82 Å². The van der Waals surface area contributed by atoms with Crippen LogP contribution in [0.5, 0.6) is 0 Å². The van der Waals surface area contributed by atoms with Crippen molar-refractivity contribution in [2.45, 2.75) is 64.0 Å².